The van der Waals surface area contributed by atoms with Crippen molar-refractivity contribution in [1.82, 2.24) is 9.97 Å². The molecule has 0 atom stereocenters. The van der Waals surface area contributed by atoms with E-state index in [1.807, 2.05) is 30.3 Å². The topological polar surface area (TPSA) is 61.7 Å². The fraction of sp³-hybridized carbons (Fsp3) is 0.0588. The predicted molar refractivity (Wildman–Crippen MR) is 82.7 cm³/mol. The summed E-state index contributed by atoms with van der Waals surface area (Å²) < 4.78 is 29.4. The fourth-order valence-corrected chi connectivity index (χ4v) is 2.19. The number of H-pyrrole nitrogens is 1. The van der Waals surface area contributed by atoms with E-state index in [0.29, 0.717) is 11.4 Å². The molecule has 23 heavy (non-hydrogen) atoms. The zero-order chi connectivity index (χ0) is 16.2. The Morgan fingerprint density at radius 3 is 2.65 bits per heavy atom. The van der Waals surface area contributed by atoms with Gasteiger partial charge in [-0.25, -0.2) is 4.98 Å². The molecule has 0 fully saturated rings. The summed E-state index contributed by atoms with van der Waals surface area (Å²) in [5, 5.41) is 9.37. The quantitative estimate of drug-likeness (QED) is 0.733. The summed E-state index contributed by atoms with van der Waals surface area (Å²) >= 11 is 0. The zero-order valence-corrected chi connectivity index (χ0v) is 11.8. The number of nitriles is 1. The summed E-state index contributed by atoms with van der Waals surface area (Å²) in [6, 6.07) is 15.7. The fourth-order valence-electron chi connectivity index (χ4n) is 2.19. The molecular weight excluding hydrogens is 300 g/mol. The van der Waals surface area contributed by atoms with Crippen LogP contribution in [0.2, 0.25) is 0 Å². The Balaban J connectivity index is 2.04. The normalized spacial score (nSPS) is 11.7. The Kier molecular flexibility index (Phi) is 4.02. The van der Waals surface area contributed by atoms with Gasteiger partial charge in [-0.05, 0) is 24.3 Å². The number of allylic oxidation sites excluding steroid dienone is 1. The number of hydrogen-bond donors (Lipinski definition) is 1. The van der Waals surface area contributed by atoms with Crippen LogP contribution in [0.15, 0.2) is 48.5 Å². The lowest BCUT2D eigenvalue weighted by atomic mass is 10.1. The van der Waals surface area contributed by atoms with Gasteiger partial charge in [0.15, 0.2) is 0 Å². The van der Waals surface area contributed by atoms with Crippen molar-refractivity contribution in [3.8, 4) is 11.8 Å². The number of fused-ring (bicyclic) bond motifs is 1. The number of para-hydroxylation sites is 3. The maximum absolute atomic E-state index is 12.5. The molecule has 0 spiro atoms. The number of alkyl halides is 2. The van der Waals surface area contributed by atoms with Crippen LogP contribution in [0, 0.1) is 11.3 Å². The molecule has 6 heteroatoms. The number of rotatable bonds is 4. The van der Waals surface area contributed by atoms with E-state index in [0.717, 1.165) is 11.0 Å². The van der Waals surface area contributed by atoms with E-state index in [2.05, 4.69) is 14.7 Å². The van der Waals surface area contributed by atoms with E-state index >= 15 is 0 Å². The smallest absolute Gasteiger partial charge is 0.387 e. The highest BCUT2D eigenvalue weighted by atomic mass is 19.3. The van der Waals surface area contributed by atoms with E-state index in [-0.39, 0.29) is 11.3 Å². The number of nitrogens with one attached hydrogen (secondary N) is 1. The van der Waals surface area contributed by atoms with Crippen molar-refractivity contribution in [1.29, 1.82) is 5.26 Å². The molecular formula is C17H11F2N3O. The molecule has 0 unspecified atom stereocenters. The molecule has 0 aliphatic heterocycles. The Morgan fingerprint density at radius 2 is 1.91 bits per heavy atom. The van der Waals surface area contributed by atoms with E-state index < -0.39 is 6.61 Å². The lowest BCUT2D eigenvalue weighted by Gasteiger charge is -2.07. The summed E-state index contributed by atoms with van der Waals surface area (Å²) in [4.78, 5) is 7.37. The second-order valence-corrected chi connectivity index (χ2v) is 4.69. The second-order valence-electron chi connectivity index (χ2n) is 4.69. The van der Waals surface area contributed by atoms with Crippen LogP contribution in [-0.2, 0) is 0 Å². The van der Waals surface area contributed by atoms with Crippen molar-refractivity contribution in [2.75, 3.05) is 0 Å². The second kappa shape index (κ2) is 6.28. The van der Waals surface area contributed by atoms with Crippen molar-refractivity contribution >= 4 is 22.7 Å². The molecule has 3 aromatic rings. The summed E-state index contributed by atoms with van der Waals surface area (Å²) in [7, 11) is 0. The number of benzene rings is 2. The van der Waals surface area contributed by atoms with Crippen molar-refractivity contribution in [3.63, 3.8) is 0 Å². The summed E-state index contributed by atoms with van der Waals surface area (Å²) in [6.45, 7) is -2.93. The van der Waals surface area contributed by atoms with Crippen molar-refractivity contribution in [3.05, 3.63) is 59.9 Å². The molecule has 0 amide bonds. The van der Waals surface area contributed by atoms with Crippen molar-refractivity contribution in [2.24, 2.45) is 0 Å². The first-order valence-corrected chi connectivity index (χ1v) is 6.78. The SMILES string of the molecule is N#C/C(=C/c1ccccc1OC(F)F)c1nc2ccccc2[nH]1. The predicted octanol–water partition coefficient (Wildman–Crippen LogP) is 4.23. The molecule has 0 bridgehead atoms. The molecule has 1 N–H and O–H groups in total. The Morgan fingerprint density at radius 1 is 1.17 bits per heavy atom. The molecule has 114 valence electrons. The van der Waals surface area contributed by atoms with Gasteiger partial charge in [-0.15, -0.1) is 0 Å². The maximum Gasteiger partial charge on any atom is 0.387 e. The molecule has 0 aliphatic rings. The lowest BCUT2D eigenvalue weighted by Crippen LogP contribution is -2.03. The minimum atomic E-state index is -2.93. The molecule has 0 saturated heterocycles. The number of halogens is 2. The molecule has 2 aromatic carbocycles. The lowest BCUT2D eigenvalue weighted by molar-refractivity contribution is -0.0499. The van der Waals surface area contributed by atoms with E-state index in [1.165, 1.54) is 12.1 Å². The first kappa shape index (κ1) is 14.7. The molecule has 0 saturated carbocycles. The first-order chi connectivity index (χ1) is 11.2. The molecule has 3 rings (SSSR count). The molecule has 1 aromatic heterocycles. The van der Waals surface area contributed by atoms with Gasteiger partial charge in [-0.3, -0.25) is 0 Å². The number of imidazole rings is 1. The van der Waals surface area contributed by atoms with Gasteiger partial charge >= 0.3 is 6.61 Å². The van der Waals surface area contributed by atoms with Crippen LogP contribution in [0.4, 0.5) is 8.78 Å². The largest absolute Gasteiger partial charge is 0.434 e. The number of aromatic nitrogens is 2. The minimum Gasteiger partial charge on any atom is -0.434 e. The van der Waals surface area contributed by atoms with Gasteiger partial charge in [0.25, 0.3) is 0 Å². The Labute approximate surface area is 130 Å². The highest BCUT2D eigenvalue weighted by molar-refractivity contribution is 5.91. The summed E-state index contributed by atoms with van der Waals surface area (Å²) in [5.41, 5.74) is 2.12. The molecule has 1 heterocycles. The highest BCUT2D eigenvalue weighted by Crippen LogP contribution is 2.25. The van der Waals surface area contributed by atoms with Gasteiger partial charge in [0.05, 0.1) is 16.6 Å². The van der Waals surface area contributed by atoms with Crippen LogP contribution >= 0.6 is 0 Å². The van der Waals surface area contributed by atoms with Crippen LogP contribution in [0.25, 0.3) is 22.7 Å². The van der Waals surface area contributed by atoms with E-state index in [4.69, 9.17) is 0 Å². The third kappa shape index (κ3) is 3.19. The standard InChI is InChI=1S/C17H11F2N3O/c18-17(19)23-15-8-4-1-5-11(15)9-12(10-20)16-21-13-6-2-3-7-14(13)22-16/h1-9,17H,(H,21,22)/b12-9-. The van der Waals surface area contributed by atoms with Gasteiger partial charge in [0.2, 0.25) is 0 Å². The zero-order valence-electron chi connectivity index (χ0n) is 11.8. The summed E-state index contributed by atoms with van der Waals surface area (Å²) in [6.07, 6.45) is 1.47. The van der Waals surface area contributed by atoms with Crippen LogP contribution < -0.4 is 4.74 Å². The van der Waals surface area contributed by atoms with Gasteiger partial charge in [-0.1, -0.05) is 30.3 Å². The van der Waals surface area contributed by atoms with Gasteiger partial charge in [0.1, 0.15) is 17.6 Å². The average molecular weight is 311 g/mol. The minimum absolute atomic E-state index is 0.00589. The summed E-state index contributed by atoms with van der Waals surface area (Å²) in [5.74, 6) is 0.381. The Bertz CT molecular complexity index is 876. The number of aromatic amines is 1. The van der Waals surface area contributed by atoms with Crippen LogP contribution in [-0.4, -0.2) is 16.6 Å². The van der Waals surface area contributed by atoms with Crippen molar-refractivity contribution < 1.29 is 13.5 Å². The number of ether oxygens (including phenoxy) is 1. The number of nitrogens with zero attached hydrogens (tertiary/aromatic N) is 2. The van der Waals surface area contributed by atoms with Gasteiger partial charge in [0, 0.05) is 5.56 Å². The van der Waals surface area contributed by atoms with E-state index in [1.54, 1.807) is 18.2 Å². The molecule has 0 radical (unpaired) electrons. The molecule has 4 nitrogen and oxygen atoms in total. The van der Waals surface area contributed by atoms with Crippen LogP contribution in [0.3, 0.4) is 0 Å². The first-order valence-electron chi connectivity index (χ1n) is 6.78. The Hall–Kier alpha value is -3.20. The van der Waals surface area contributed by atoms with Gasteiger partial charge < -0.3 is 9.72 Å². The van der Waals surface area contributed by atoms with Gasteiger partial charge in [-0.2, -0.15) is 14.0 Å². The van der Waals surface area contributed by atoms with E-state index in [9.17, 15) is 14.0 Å². The number of hydrogen-bond acceptors (Lipinski definition) is 3. The average Bonchev–Trinajstić information content (AvgIpc) is 2.97. The monoisotopic (exact) mass is 311 g/mol. The van der Waals surface area contributed by atoms with Crippen LogP contribution in [0.5, 0.6) is 5.75 Å². The third-order valence-corrected chi connectivity index (χ3v) is 3.20. The maximum atomic E-state index is 12.5. The third-order valence-electron chi connectivity index (χ3n) is 3.20. The highest BCUT2D eigenvalue weighted by Gasteiger charge is 2.11. The van der Waals surface area contributed by atoms with Crippen molar-refractivity contribution in [2.45, 2.75) is 6.61 Å². The van der Waals surface area contributed by atoms with Crippen LogP contribution in [0.1, 0.15) is 11.4 Å². The molecule has 0 aliphatic carbocycles.